The zero-order chi connectivity index (χ0) is 7.56. The number of aliphatic hydroxyl groups is 1. The SMILES string of the molecule is C[C@H](O)Cc1cnc(Cl)s1. The lowest BCUT2D eigenvalue weighted by Gasteiger charge is -1.97. The lowest BCUT2D eigenvalue weighted by molar-refractivity contribution is 0.196. The molecule has 1 aromatic rings. The minimum Gasteiger partial charge on any atom is -0.393 e. The van der Waals surface area contributed by atoms with Crippen LogP contribution in [0, 0.1) is 0 Å². The van der Waals surface area contributed by atoms with Gasteiger partial charge in [-0.1, -0.05) is 11.6 Å². The first-order valence-corrected chi connectivity index (χ1v) is 4.16. The molecule has 0 aliphatic rings. The van der Waals surface area contributed by atoms with Gasteiger partial charge in [0, 0.05) is 17.5 Å². The fourth-order valence-corrected chi connectivity index (χ4v) is 1.77. The average Bonchev–Trinajstić information content (AvgIpc) is 2.13. The molecule has 1 aromatic heterocycles. The van der Waals surface area contributed by atoms with Crippen LogP contribution in [-0.4, -0.2) is 16.2 Å². The minimum absolute atomic E-state index is 0.309. The van der Waals surface area contributed by atoms with Gasteiger partial charge in [-0.2, -0.15) is 0 Å². The second kappa shape index (κ2) is 3.32. The lowest BCUT2D eigenvalue weighted by Crippen LogP contribution is -2.01. The van der Waals surface area contributed by atoms with Gasteiger partial charge in [-0.25, -0.2) is 4.98 Å². The Labute approximate surface area is 68.5 Å². The summed E-state index contributed by atoms with van der Waals surface area (Å²) in [4.78, 5) is 4.87. The molecule has 1 rings (SSSR count). The predicted molar refractivity (Wildman–Crippen MR) is 42.5 cm³/mol. The maximum absolute atomic E-state index is 8.95. The molecular weight excluding hydrogens is 170 g/mol. The molecule has 0 aliphatic carbocycles. The van der Waals surface area contributed by atoms with Crippen molar-refractivity contribution in [3.8, 4) is 0 Å². The highest BCUT2D eigenvalue weighted by molar-refractivity contribution is 7.15. The van der Waals surface area contributed by atoms with E-state index in [9.17, 15) is 0 Å². The van der Waals surface area contributed by atoms with Gasteiger partial charge in [0.25, 0.3) is 0 Å². The van der Waals surface area contributed by atoms with E-state index in [0.717, 1.165) is 4.88 Å². The third-order valence-electron chi connectivity index (χ3n) is 1.02. The molecule has 0 unspecified atom stereocenters. The highest BCUT2D eigenvalue weighted by atomic mass is 35.5. The molecule has 2 nitrogen and oxygen atoms in total. The van der Waals surface area contributed by atoms with E-state index in [-0.39, 0.29) is 6.10 Å². The summed E-state index contributed by atoms with van der Waals surface area (Å²) < 4.78 is 0.538. The van der Waals surface area contributed by atoms with Crippen LogP contribution in [0.2, 0.25) is 4.47 Å². The number of thiazole rings is 1. The topological polar surface area (TPSA) is 33.1 Å². The first-order chi connectivity index (χ1) is 4.68. The predicted octanol–water partition coefficient (Wildman–Crippen LogP) is 1.72. The van der Waals surface area contributed by atoms with Crippen molar-refractivity contribution >= 4 is 22.9 Å². The van der Waals surface area contributed by atoms with Crippen molar-refractivity contribution in [3.05, 3.63) is 15.5 Å². The molecule has 0 spiro atoms. The van der Waals surface area contributed by atoms with Crippen LogP contribution in [0.5, 0.6) is 0 Å². The Hall–Kier alpha value is -0.120. The van der Waals surface area contributed by atoms with E-state index in [1.165, 1.54) is 11.3 Å². The van der Waals surface area contributed by atoms with E-state index in [2.05, 4.69) is 4.98 Å². The molecule has 0 radical (unpaired) electrons. The second-order valence-corrected chi connectivity index (χ2v) is 3.83. The van der Waals surface area contributed by atoms with Crippen LogP contribution in [0.4, 0.5) is 0 Å². The molecule has 0 fully saturated rings. The summed E-state index contributed by atoms with van der Waals surface area (Å²) >= 11 is 6.98. The first kappa shape index (κ1) is 7.98. The van der Waals surface area contributed by atoms with E-state index in [0.29, 0.717) is 10.9 Å². The van der Waals surface area contributed by atoms with Crippen molar-refractivity contribution in [1.82, 2.24) is 4.98 Å². The Morgan fingerprint density at radius 3 is 3.00 bits per heavy atom. The van der Waals surface area contributed by atoms with Gasteiger partial charge < -0.3 is 5.11 Å². The number of nitrogens with zero attached hydrogens (tertiary/aromatic N) is 1. The molecule has 4 heteroatoms. The Bertz CT molecular complexity index is 211. The molecule has 0 saturated carbocycles. The largest absolute Gasteiger partial charge is 0.393 e. The summed E-state index contributed by atoms with van der Waals surface area (Å²) in [5.74, 6) is 0. The van der Waals surface area contributed by atoms with Gasteiger partial charge in [-0.05, 0) is 6.92 Å². The minimum atomic E-state index is -0.309. The highest BCUT2D eigenvalue weighted by Gasteiger charge is 2.02. The maximum atomic E-state index is 8.95. The Morgan fingerprint density at radius 1 is 1.90 bits per heavy atom. The van der Waals surface area contributed by atoms with Crippen LogP contribution in [0.25, 0.3) is 0 Å². The molecule has 1 atom stereocenters. The number of aromatic nitrogens is 1. The number of halogens is 1. The monoisotopic (exact) mass is 177 g/mol. The molecule has 0 aliphatic heterocycles. The first-order valence-electron chi connectivity index (χ1n) is 2.97. The number of rotatable bonds is 2. The summed E-state index contributed by atoms with van der Waals surface area (Å²) in [6.45, 7) is 1.74. The summed E-state index contributed by atoms with van der Waals surface area (Å²) in [5.41, 5.74) is 0. The zero-order valence-electron chi connectivity index (χ0n) is 5.54. The van der Waals surface area contributed by atoms with Crippen molar-refractivity contribution in [3.63, 3.8) is 0 Å². The van der Waals surface area contributed by atoms with Gasteiger partial charge in [0.1, 0.15) is 0 Å². The highest BCUT2D eigenvalue weighted by Crippen LogP contribution is 2.18. The molecule has 10 heavy (non-hydrogen) atoms. The Balaban J connectivity index is 2.58. The molecule has 0 bridgehead atoms. The normalized spacial score (nSPS) is 13.5. The van der Waals surface area contributed by atoms with Crippen LogP contribution in [0.15, 0.2) is 6.20 Å². The van der Waals surface area contributed by atoms with E-state index < -0.39 is 0 Å². The third-order valence-corrected chi connectivity index (χ3v) is 2.16. The fourth-order valence-electron chi connectivity index (χ4n) is 0.669. The maximum Gasteiger partial charge on any atom is 0.183 e. The van der Waals surface area contributed by atoms with Crippen LogP contribution < -0.4 is 0 Å². The van der Waals surface area contributed by atoms with Crippen molar-refractivity contribution in [2.45, 2.75) is 19.4 Å². The third kappa shape index (κ3) is 2.25. The van der Waals surface area contributed by atoms with Gasteiger partial charge in [-0.3, -0.25) is 0 Å². The summed E-state index contributed by atoms with van der Waals surface area (Å²) in [6.07, 6.45) is 2.03. The van der Waals surface area contributed by atoms with Crippen LogP contribution in [-0.2, 0) is 6.42 Å². The van der Waals surface area contributed by atoms with E-state index >= 15 is 0 Å². The van der Waals surface area contributed by atoms with Crippen molar-refractivity contribution in [1.29, 1.82) is 0 Å². The number of aliphatic hydroxyl groups excluding tert-OH is 1. The van der Waals surface area contributed by atoms with E-state index in [4.69, 9.17) is 16.7 Å². The quantitative estimate of drug-likeness (QED) is 0.747. The van der Waals surface area contributed by atoms with Gasteiger partial charge in [0.2, 0.25) is 0 Å². The molecular formula is C6H8ClNOS. The van der Waals surface area contributed by atoms with Gasteiger partial charge >= 0.3 is 0 Å². The lowest BCUT2D eigenvalue weighted by atomic mass is 10.3. The standard InChI is InChI=1S/C6H8ClNOS/c1-4(9)2-5-3-8-6(7)10-5/h3-4,9H,2H2,1H3/t4-/m0/s1. The van der Waals surface area contributed by atoms with Crippen molar-refractivity contribution < 1.29 is 5.11 Å². The number of hydrogen-bond donors (Lipinski definition) is 1. The molecule has 1 heterocycles. The van der Waals surface area contributed by atoms with Crippen molar-refractivity contribution in [2.24, 2.45) is 0 Å². The smallest absolute Gasteiger partial charge is 0.183 e. The molecule has 0 aromatic carbocycles. The molecule has 0 saturated heterocycles. The van der Waals surface area contributed by atoms with Crippen LogP contribution >= 0.6 is 22.9 Å². The van der Waals surface area contributed by atoms with Gasteiger partial charge in [-0.15, -0.1) is 11.3 Å². The van der Waals surface area contributed by atoms with Crippen LogP contribution in [0.1, 0.15) is 11.8 Å². The number of hydrogen-bond acceptors (Lipinski definition) is 3. The van der Waals surface area contributed by atoms with Crippen molar-refractivity contribution in [2.75, 3.05) is 0 Å². The fraction of sp³-hybridized carbons (Fsp3) is 0.500. The van der Waals surface area contributed by atoms with E-state index in [1.807, 2.05) is 0 Å². The van der Waals surface area contributed by atoms with Gasteiger partial charge in [0.05, 0.1) is 6.10 Å². The second-order valence-electron chi connectivity index (χ2n) is 2.13. The molecule has 1 N–H and O–H groups in total. The summed E-state index contributed by atoms with van der Waals surface area (Å²) in [5, 5.41) is 8.95. The summed E-state index contributed by atoms with van der Waals surface area (Å²) in [7, 11) is 0. The summed E-state index contributed by atoms with van der Waals surface area (Å²) in [6, 6.07) is 0. The zero-order valence-corrected chi connectivity index (χ0v) is 7.11. The van der Waals surface area contributed by atoms with E-state index in [1.54, 1.807) is 13.1 Å². The van der Waals surface area contributed by atoms with Gasteiger partial charge in [0.15, 0.2) is 4.47 Å². The van der Waals surface area contributed by atoms with Crippen LogP contribution in [0.3, 0.4) is 0 Å². The average molecular weight is 178 g/mol. The Kier molecular flexibility index (Phi) is 2.65. The molecule has 0 amide bonds. The Morgan fingerprint density at radius 2 is 2.60 bits per heavy atom. The molecule has 56 valence electrons.